The van der Waals surface area contributed by atoms with Crippen LogP contribution in [-0.2, 0) is 19.1 Å². The molecule has 0 aromatic carbocycles. The summed E-state index contributed by atoms with van der Waals surface area (Å²) in [6, 6.07) is -0.963. The molecule has 0 aliphatic heterocycles. The number of unbranched alkanes of at least 4 members (excludes halogenated alkanes) is 23. The molecule has 0 aromatic rings. The van der Waals surface area contributed by atoms with Crippen LogP contribution in [0.5, 0.6) is 0 Å². The number of carbonyl (C=O) groups is 3. The Morgan fingerprint density at radius 3 is 1.38 bits per heavy atom. The summed E-state index contributed by atoms with van der Waals surface area (Å²) in [5, 5.41) is 12.1. The number of carboxylic acids is 1. The van der Waals surface area contributed by atoms with Crippen LogP contribution in [0.3, 0.4) is 0 Å². The summed E-state index contributed by atoms with van der Waals surface area (Å²) < 4.78 is 5.78. The van der Waals surface area contributed by atoms with E-state index >= 15 is 0 Å². The van der Waals surface area contributed by atoms with Crippen molar-refractivity contribution in [3.05, 3.63) is 0 Å². The molecule has 7 nitrogen and oxygen atoms in total. The fraction of sp³-hybridized carbons (Fsp3) is 0.921. The van der Waals surface area contributed by atoms with Crippen LogP contribution in [0.2, 0.25) is 0 Å². The monoisotopic (exact) mass is 639 g/mol. The number of rotatable bonds is 35. The normalized spacial score (nSPS) is 12.6. The average molecular weight is 639 g/mol. The Balaban J connectivity index is 4.34. The minimum absolute atomic E-state index is 0.00871. The molecule has 1 unspecified atom stereocenters. The van der Waals surface area contributed by atoms with Crippen molar-refractivity contribution < 1.29 is 24.2 Å². The van der Waals surface area contributed by atoms with Gasteiger partial charge in [0.15, 0.2) is 0 Å². The van der Waals surface area contributed by atoms with Gasteiger partial charge in [-0.3, -0.25) is 9.59 Å². The van der Waals surface area contributed by atoms with Gasteiger partial charge in [-0.25, -0.2) is 4.79 Å². The van der Waals surface area contributed by atoms with Crippen molar-refractivity contribution in [2.24, 2.45) is 5.73 Å². The molecule has 45 heavy (non-hydrogen) atoms. The average Bonchev–Trinajstić information content (AvgIpc) is 3.01. The summed E-state index contributed by atoms with van der Waals surface area (Å²) in [7, 11) is 0. The number of aliphatic carboxylic acids is 1. The number of carbonyl (C=O) groups excluding carboxylic acids is 2. The molecule has 0 saturated heterocycles. The molecule has 266 valence electrons. The zero-order valence-corrected chi connectivity index (χ0v) is 29.7. The van der Waals surface area contributed by atoms with E-state index in [-0.39, 0.29) is 18.3 Å². The van der Waals surface area contributed by atoms with E-state index in [2.05, 4.69) is 19.2 Å². The van der Waals surface area contributed by atoms with Crippen molar-refractivity contribution in [2.75, 3.05) is 6.54 Å². The minimum atomic E-state index is -1.06. The first-order chi connectivity index (χ1) is 21.9. The molecular formula is C38H74N2O5. The van der Waals surface area contributed by atoms with Crippen molar-refractivity contribution >= 4 is 17.8 Å². The fourth-order valence-electron chi connectivity index (χ4n) is 5.99. The van der Waals surface area contributed by atoms with Gasteiger partial charge >= 0.3 is 11.9 Å². The molecule has 0 rings (SSSR count). The van der Waals surface area contributed by atoms with E-state index in [9.17, 15) is 19.5 Å². The van der Waals surface area contributed by atoms with Gasteiger partial charge in [0.1, 0.15) is 12.1 Å². The van der Waals surface area contributed by atoms with Gasteiger partial charge in [0.2, 0.25) is 5.91 Å². The SMILES string of the molecule is CCCCCCCCCCCCCCCC(=O)OC(CCCCCCCCCCCCCC)CC(=O)N[C@@H](CCCN)C(=O)O. The predicted octanol–water partition coefficient (Wildman–Crippen LogP) is 10.2. The largest absolute Gasteiger partial charge is 0.480 e. The van der Waals surface area contributed by atoms with E-state index in [4.69, 9.17) is 10.5 Å². The number of hydrogen-bond donors (Lipinski definition) is 3. The standard InChI is InChI=1S/C38H74N2O5/c1-3-5-7-9-11-13-15-17-19-21-23-25-27-31-37(42)45-34(33-36(41)40-35(38(43)44)30-28-32-39)29-26-24-22-20-18-16-14-12-10-8-6-4-2/h34-35H,3-33,39H2,1-2H3,(H,40,41)(H,43,44)/t34?,35-/m0/s1. The number of carboxylic acid groups (broad SMARTS) is 1. The highest BCUT2D eigenvalue weighted by molar-refractivity contribution is 5.84. The second-order valence-electron chi connectivity index (χ2n) is 13.4. The summed E-state index contributed by atoms with van der Waals surface area (Å²) in [5.41, 5.74) is 5.52. The van der Waals surface area contributed by atoms with Crippen LogP contribution in [0.15, 0.2) is 0 Å². The van der Waals surface area contributed by atoms with E-state index in [0.717, 1.165) is 38.5 Å². The Kier molecular flexibility index (Phi) is 32.5. The number of amides is 1. The van der Waals surface area contributed by atoms with Gasteiger partial charge in [-0.2, -0.15) is 0 Å². The van der Waals surface area contributed by atoms with E-state index < -0.39 is 18.1 Å². The third-order valence-corrected chi connectivity index (χ3v) is 8.91. The van der Waals surface area contributed by atoms with Crippen molar-refractivity contribution in [2.45, 2.75) is 219 Å². The van der Waals surface area contributed by atoms with Gasteiger partial charge in [0.25, 0.3) is 0 Å². The first kappa shape index (κ1) is 43.4. The molecule has 0 aliphatic carbocycles. The maximum absolute atomic E-state index is 12.7. The molecule has 7 heteroatoms. The van der Waals surface area contributed by atoms with Gasteiger partial charge in [0, 0.05) is 6.42 Å². The molecule has 2 atom stereocenters. The van der Waals surface area contributed by atoms with Crippen LogP contribution >= 0.6 is 0 Å². The Morgan fingerprint density at radius 1 is 0.578 bits per heavy atom. The second kappa shape index (κ2) is 33.7. The molecule has 0 fully saturated rings. The first-order valence-corrected chi connectivity index (χ1v) is 19.4. The lowest BCUT2D eigenvalue weighted by Gasteiger charge is -2.20. The van der Waals surface area contributed by atoms with Gasteiger partial charge in [-0.15, -0.1) is 0 Å². The molecule has 0 aromatic heterocycles. The Labute approximate surface area is 278 Å². The third-order valence-electron chi connectivity index (χ3n) is 8.91. The highest BCUT2D eigenvalue weighted by atomic mass is 16.5. The molecule has 0 radical (unpaired) electrons. The van der Waals surface area contributed by atoms with Crippen LogP contribution in [-0.4, -0.2) is 41.6 Å². The quantitative estimate of drug-likeness (QED) is 0.0469. The number of nitrogens with one attached hydrogen (secondary N) is 1. The van der Waals surface area contributed by atoms with E-state index in [0.29, 0.717) is 32.2 Å². The van der Waals surface area contributed by atoms with Crippen LogP contribution in [0, 0.1) is 0 Å². The third kappa shape index (κ3) is 30.8. The zero-order valence-electron chi connectivity index (χ0n) is 29.7. The molecule has 0 bridgehead atoms. The van der Waals surface area contributed by atoms with Crippen molar-refractivity contribution in [3.63, 3.8) is 0 Å². The maximum Gasteiger partial charge on any atom is 0.326 e. The number of hydrogen-bond acceptors (Lipinski definition) is 5. The molecule has 0 saturated carbocycles. The molecule has 0 heterocycles. The van der Waals surface area contributed by atoms with Crippen molar-refractivity contribution in [1.82, 2.24) is 5.32 Å². The lowest BCUT2D eigenvalue weighted by atomic mass is 10.0. The van der Waals surface area contributed by atoms with E-state index in [1.807, 2.05) is 0 Å². The summed E-state index contributed by atoms with van der Waals surface area (Å²) in [5.74, 6) is -1.68. The topological polar surface area (TPSA) is 119 Å². The maximum atomic E-state index is 12.7. The highest BCUT2D eigenvalue weighted by Gasteiger charge is 2.23. The van der Waals surface area contributed by atoms with Gasteiger partial charge in [-0.05, 0) is 38.6 Å². The van der Waals surface area contributed by atoms with Crippen LogP contribution < -0.4 is 11.1 Å². The molecule has 4 N–H and O–H groups in total. The zero-order chi connectivity index (χ0) is 33.2. The van der Waals surface area contributed by atoms with E-state index in [1.165, 1.54) is 122 Å². The van der Waals surface area contributed by atoms with Crippen LogP contribution in [0.4, 0.5) is 0 Å². The predicted molar refractivity (Wildman–Crippen MR) is 188 cm³/mol. The Bertz CT molecular complexity index is 687. The Hall–Kier alpha value is -1.63. The fourth-order valence-corrected chi connectivity index (χ4v) is 5.99. The summed E-state index contributed by atoms with van der Waals surface area (Å²) in [6.45, 7) is 4.88. The first-order valence-electron chi connectivity index (χ1n) is 19.4. The highest BCUT2D eigenvalue weighted by Crippen LogP contribution is 2.17. The smallest absolute Gasteiger partial charge is 0.326 e. The lowest BCUT2D eigenvalue weighted by molar-refractivity contribution is -0.151. The Morgan fingerprint density at radius 2 is 0.978 bits per heavy atom. The molecule has 0 aliphatic rings. The number of ether oxygens (including phenoxy) is 1. The lowest BCUT2D eigenvalue weighted by Crippen LogP contribution is -2.42. The van der Waals surface area contributed by atoms with Crippen LogP contribution in [0.25, 0.3) is 0 Å². The summed E-state index contributed by atoms with van der Waals surface area (Å²) in [6.07, 6.45) is 32.6. The second-order valence-corrected chi connectivity index (χ2v) is 13.4. The van der Waals surface area contributed by atoms with E-state index in [1.54, 1.807) is 0 Å². The molecular weight excluding hydrogens is 564 g/mol. The number of nitrogens with two attached hydrogens (primary N) is 1. The van der Waals surface area contributed by atoms with Gasteiger partial charge in [-0.1, -0.05) is 162 Å². The molecule has 1 amide bonds. The summed E-state index contributed by atoms with van der Waals surface area (Å²) >= 11 is 0. The van der Waals surface area contributed by atoms with Crippen molar-refractivity contribution in [1.29, 1.82) is 0 Å². The van der Waals surface area contributed by atoms with Gasteiger partial charge < -0.3 is 20.9 Å². The summed E-state index contributed by atoms with van der Waals surface area (Å²) in [4.78, 5) is 36.9. The minimum Gasteiger partial charge on any atom is -0.480 e. The van der Waals surface area contributed by atoms with Crippen LogP contribution in [0.1, 0.15) is 206 Å². The molecule has 0 spiro atoms. The van der Waals surface area contributed by atoms with Crippen molar-refractivity contribution in [3.8, 4) is 0 Å². The number of esters is 1. The van der Waals surface area contributed by atoms with Gasteiger partial charge in [0.05, 0.1) is 6.42 Å².